The molecule has 2 heterocycles. The van der Waals surface area contributed by atoms with Gasteiger partial charge in [-0.3, -0.25) is 29.0 Å². The predicted octanol–water partition coefficient (Wildman–Crippen LogP) is 1.38. The van der Waals surface area contributed by atoms with E-state index in [2.05, 4.69) is 31.2 Å². The summed E-state index contributed by atoms with van der Waals surface area (Å²) in [5, 5.41) is 22.3. The Morgan fingerprint density at radius 2 is 1.70 bits per heavy atom. The number of carbonyl (C=O) groups excluding carboxylic acids is 5. The van der Waals surface area contributed by atoms with Crippen molar-refractivity contribution in [3.05, 3.63) is 35.9 Å². The third kappa shape index (κ3) is 8.35. The van der Waals surface area contributed by atoms with E-state index in [0.717, 1.165) is 50.5 Å². The zero-order valence-electron chi connectivity index (χ0n) is 27.8. The van der Waals surface area contributed by atoms with Crippen LogP contribution in [0.15, 0.2) is 30.2 Å². The quantitative estimate of drug-likeness (QED) is 0.198. The number of aliphatic hydroxyl groups is 1. The molecule has 6 atom stereocenters. The molecule has 3 fully saturated rings. The molecule has 4 aliphatic rings. The number of amides is 5. The molecule has 1 unspecified atom stereocenters. The van der Waals surface area contributed by atoms with E-state index < -0.39 is 65.2 Å². The summed E-state index contributed by atoms with van der Waals surface area (Å²) in [5.74, 6) is -2.66. The number of carbonyl (C=O) groups is 5. The van der Waals surface area contributed by atoms with Crippen molar-refractivity contribution in [3.63, 3.8) is 0 Å². The lowest BCUT2D eigenvalue weighted by Crippen LogP contribution is -2.62. The Morgan fingerprint density at radius 3 is 2.32 bits per heavy atom. The van der Waals surface area contributed by atoms with Gasteiger partial charge in [-0.25, -0.2) is 4.98 Å². The van der Waals surface area contributed by atoms with Crippen molar-refractivity contribution in [2.75, 3.05) is 6.54 Å². The van der Waals surface area contributed by atoms with Gasteiger partial charge in [-0.2, -0.15) is 0 Å². The van der Waals surface area contributed by atoms with Crippen molar-refractivity contribution in [3.8, 4) is 0 Å². The molecule has 3 aliphatic carbocycles. The van der Waals surface area contributed by atoms with Crippen LogP contribution >= 0.6 is 0 Å². The number of hydrogen-bond acceptors (Lipinski definition) is 8. The van der Waals surface area contributed by atoms with Gasteiger partial charge in [0.1, 0.15) is 23.8 Å². The lowest BCUT2D eigenvalue weighted by molar-refractivity contribution is -0.145. The maximum absolute atomic E-state index is 14.3. The molecule has 256 valence electrons. The summed E-state index contributed by atoms with van der Waals surface area (Å²) in [6.45, 7) is 7.70. The molecule has 47 heavy (non-hydrogen) atoms. The molecule has 1 saturated heterocycles. The average molecular weight is 652 g/mol. The summed E-state index contributed by atoms with van der Waals surface area (Å²) in [5.41, 5.74) is 0.329. The van der Waals surface area contributed by atoms with Crippen LogP contribution in [0, 0.1) is 17.3 Å². The molecule has 2 saturated carbocycles. The lowest BCUT2D eigenvalue weighted by Gasteiger charge is -2.38. The van der Waals surface area contributed by atoms with E-state index in [4.69, 9.17) is 0 Å². The van der Waals surface area contributed by atoms with Crippen LogP contribution in [-0.4, -0.2) is 92.4 Å². The van der Waals surface area contributed by atoms with Crippen LogP contribution in [0.5, 0.6) is 0 Å². The van der Waals surface area contributed by atoms with E-state index in [9.17, 15) is 29.1 Å². The number of fused-ring (bicyclic) bond motifs is 1. The maximum atomic E-state index is 14.3. The number of rotatable bonds is 13. The summed E-state index contributed by atoms with van der Waals surface area (Å²) >= 11 is 0. The van der Waals surface area contributed by atoms with E-state index in [-0.39, 0.29) is 30.1 Å². The monoisotopic (exact) mass is 651 g/mol. The topological polar surface area (TPSA) is 183 Å². The molecule has 5 N–H and O–H groups in total. The van der Waals surface area contributed by atoms with Crippen LogP contribution < -0.4 is 21.3 Å². The number of aromatic nitrogens is 2. The van der Waals surface area contributed by atoms with Crippen LogP contribution in [0.4, 0.5) is 0 Å². The largest absolute Gasteiger partial charge is 0.381 e. The molecule has 0 bridgehead atoms. The van der Waals surface area contributed by atoms with E-state index in [1.165, 1.54) is 23.5 Å². The van der Waals surface area contributed by atoms with Gasteiger partial charge < -0.3 is 31.3 Å². The molecule has 1 aliphatic heterocycles. The van der Waals surface area contributed by atoms with Gasteiger partial charge in [0, 0.05) is 30.9 Å². The number of hydrogen-bond donors (Lipinski definition) is 5. The highest BCUT2D eigenvalue weighted by Crippen LogP contribution is 2.43. The number of aliphatic hydroxyl groups excluding tert-OH is 1. The Bertz CT molecular complexity index is 1370. The summed E-state index contributed by atoms with van der Waals surface area (Å²) in [6, 6.07) is -3.47. The lowest BCUT2D eigenvalue weighted by atomic mass is 9.82. The van der Waals surface area contributed by atoms with Crippen molar-refractivity contribution < 1.29 is 29.1 Å². The maximum Gasteiger partial charge on any atom is 0.272 e. The molecule has 0 spiro atoms. The fourth-order valence-electron chi connectivity index (χ4n) is 6.77. The fourth-order valence-corrected chi connectivity index (χ4v) is 6.77. The fraction of sp³-hybridized carbons (Fsp3) is 0.676. The SMILES string of the molecule is CCC[C@H](NC(=O)[C@@H]1[C@H]2C=C2CN1C(=O)[C@@H](NC(=O)[C@@H](NC(=O)c1cnccn1)C1CCCCC1)C(C)(C)C)C(O)C(=O)NC1CC1. The molecule has 13 nitrogen and oxygen atoms in total. The third-order valence-corrected chi connectivity index (χ3v) is 9.68. The Labute approximate surface area is 276 Å². The van der Waals surface area contributed by atoms with E-state index in [1.54, 1.807) is 0 Å². The zero-order chi connectivity index (χ0) is 33.9. The summed E-state index contributed by atoms with van der Waals surface area (Å²) in [7, 11) is 0. The standard InChI is InChI=1S/C34H49N7O6/c1-5-9-23(27(42)32(46)37-21-12-13-21)38-31(45)26-22-16-20(22)18-41(26)33(47)28(34(2,3)4)40-30(44)25(19-10-7-6-8-11-19)39-29(43)24-17-35-14-15-36-24/h14-17,19,21-23,25-28,42H,5-13,18H2,1-4H3,(H,37,46)(H,38,45)(H,39,43)(H,40,44)/t22-,23-,25-,26-,27?,28+/m0/s1. The van der Waals surface area contributed by atoms with Crippen LogP contribution in [0.25, 0.3) is 0 Å². The van der Waals surface area contributed by atoms with E-state index in [1.807, 2.05) is 33.8 Å². The first-order valence-corrected chi connectivity index (χ1v) is 17.1. The van der Waals surface area contributed by atoms with Crippen LogP contribution in [0.2, 0.25) is 0 Å². The van der Waals surface area contributed by atoms with Gasteiger partial charge in [-0.15, -0.1) is 0 Å². The van der Waals surface area contributed by atoms with Crippen molar-refractivity contribution in [2.45, 2.75) is 122 Å². The number of nitrogens with zero attached hydrogens (tertiary/aromatic N) is 3. The van der Waals surface area contributed by atoms with Gasteiger partial charge in [-0.05, 0) is 49.0 Å². The average Bonchev–Trinajstić information content (AvgIpc) is 3.99. The smallest absolute Gasteiger partial charge is 0.272 e. The second kappa shape index (κ2) is 14.5. The van der Waals surface area contributed by atoms with Crippen LogP contribution in [-0.2, 0) is 19.2 Å². The Hall–Kier alpha value is -3.87. The normalized spacial score (nSPS) is 23.3. The van der Waals surface area contributed by atoms with Crippen molar-refractivity contribution in [2.24, 2.45) is 17.3 Å². The molecule has 0 aromatic carbocycles. The third-order valence-electron chi connectivity index (χ3n) is 9.68. The highest BCUT2D eigenvalue weighted by molar-refractivity contribution is 5.98. The first kappa shape index (κ1) is 34.5. The zero-order valence-corrected chi connectivity index (χ0v) is 27.8. The molecule has 1 aromatic heterocycles. The Balaban J connectivity index is 1.31. The molecule has 13 heteroatoms. The molecular formula is C34H49N7O6. The molecule has 1 aromatic rings. The second-order valence-corrected chi connectivity index (χ2v) is 14.6. The van der Waals surface area contributed by atoms with Gasteiger partial charge >= 0.3 is 0 Å². The molecule has 5 rings (SSSR count). The van der Waals surface area contributed by atoms with Crippen molar-refractivity contribution in [1.82, 2.24) is 36.1 Å². The minimum absolute atomic E-state index is 0.0684. The number of likely N-dealkylation sites (tertiary alicyclic amines) is 1. The van der Waals surface area contributed by atoms with Crippen LogP contribution in [0.3, 0.4) is 0 Å². The minimum atomic E-state index is -1.41. The molecule has 0 radical (unpaired) electrons. The van der Waals surface area contributed by atoms with Gasteiger partial charge in [0.15, 0.2) is 6.10 Å². The highest BCUT2D eigenvalue weighted by Gasteiger charge is 2.53. The van der Waals surface area contributed by atoms with Crippen molar-refractivity contribution >= 4 is 29.5 Å². The van der Waals surface area contributed by atoms with Gasteiger partial charge in [0.2, 0.25) is 17.7 Å². The van der Waals surface area contributed by atoms with E-state index in [0.29, 0.717) is 12.8 Å². The summed E-state index contributed by atoms with van der Waals surface area (Å²) in [6.07, 6.45) is 12.0. The van der Waals surface area contributed by atoms with Gasteiger partial charge in [0.05, 0.1) is 12.2 Å². The van der Waals surface area contributed by atoms with Crippen molar-refractivity contribution in [1.29, 1.82) is 0 Å². The predicted molar refractivity (Wildman–Crippen MR) is 172 cm³/mol. The molecular weight excluding hydrogens is 602 g/mol. The first-order valence-electron chi connectivity index (χ1n) is 17.1. The van der Waals surface area contributed by atoms with Crippen LogP contribution in [0.1, 0.15) is 96.0 Å². The Morgan fingerprint density at radius 1 is 0.979 bits per heavy atom. The first-order chi connectivity index (χ1) is 22.4. The summed E-state index contributed by atoms with van der Waals surface area (Å²) in [4.78, 5) is 77.4. The number of nitrogens with one attached hydrogen (secondary N) is 4. The van der Waals surface area contributed by atoms with Gasteiger partial charge in [-0.1, -0.05) is 59.5 Å². The highest BCUT2D eigenvalue weighted by atomic mass is 16.3. The minimum Gasteiger partial charge on any atom is -0.381 e. The molecule has 5 amide bonds. The second-order valence-electron chi connectivity index (χ2n) is 14.6. The summed E-state index contributed by atoms with van der Waals surface area (Å²) < 4.78 is 0. The Kier molecular flexibility index (Phi) is 10.6. The van der Waals surface area contributed by atoms with Gasteiger partial charge in [0.25, 0.3) is 11.8 Å². The van der Waals surface area contributed by atoms with E-state index >= 15 is 0 Å².